The lowest BCUT2D eigenvalue weighted by Gasteiger charge is -2.07. The summed E-state index contributed by atoms with van der Waals surface area (Å²) in [5.74, 6) is 0.324. The Balaban J connectivity index is 2.47. The Bertz CT molecular complexity index is 547. The largest absolute Gasteiger partial charge is 0.495 e. The molecule has 1 aromatic carbocycles. The van der Waals surface area contributed by atoms with Gasteiger partial charge >= 0.3 is 0 Å². The summed E-state index contributed by atoms with van der Waals surface area (Å²) >= 11 is 12.0. The molecule has 5 heteroatoms. The van der Waals surface area contributed by atoms with E-state index in [0.717, 1.165) is 0 Å². The van der Waals surface area contributed by atoms with E-state index in [2.05, 4.69) is 0 Å². The second-order valence-electron chi connectivity index (χ2n) is 3.25. The van der Waals surface area contributed by atoms with Gasteiger partial charge in [-0.05, 0) is 24.3 Å². The minimum atomic E-state index is -0.315. The highest BCUT2D eigenvalue weighted by Crippen LogP contribution is 2.35. The van der Waals surface area contributed by atoms with Crippen molar-refractivity contribution in [3.63, 3.8) is 0 Å². The first-order valence-electron chi connectivity index (χ1n) is 4.75. The molecule has 0 saturated heterocycles. The number of ketones is 1. The third-order valence-electron chi connectivity index (χ3n) is 2.26. The number of carbonyl (C=O) groups is 1. The number of rotatable bonds is 3. The van der Waals surface area contributed by atoms with E-state index in [9.17, 15) is 4.79 Å². The average Bonchev–Trinajstić information content (AvgIpc) is 2.85. The first-order chi connectivity index (χ1) is 8.15. The summed E-state index contributed by atoms with van der Waals surface area (Å²) in [6, 6.07) is 6.34. The minimum absolute atomic E-state index is 0.160. The highest BCUT2D eigenvalue weighted by molar-refractivity contribution is 6.45. The molecule has 0 aliphatic rings. The average molecular weight is 271 g/mol. The SMILES string of the molecule is COc1ccc(C(=O)c2ccco2)c(Cl)c1Cl. The van der Waals surface area contributed by atoms with Crippen molar-refractivity contribution in [1.29, 1.82) is 0 Å². The van der Waals surface area contributed by atoms with Gasteiger partial charge in [0.15, 0.2) is 5.76 Å². The third kappa shape index (κ3) is 2.16. The smallest absolute Gasteiger partial charge is 0.229 e. The first kappa shape index (κ1) is 12.0. The molecule has 0 fully saturated rings. The normalized spacial score (nSPS) is 10.3. The number of halogens is 2. The van der Waals surface area contributed by atoms with Crippen molar-refractivity contribution in [2.45, 2.75) is 0 Å². The fraction of sp³-hybridized carbons (Fsp3) is 0.0833. The number of hydrogen-bond acceptors (Lipinski definition) is 3. The van der Waals surface area contributed by atoms with Crippen LogP contribution in [-0.4, -0.2) is 12.9 Å². The fourth-order valence-electron chi connectivity index (χ4n) is 1.41. The lowest BCUT2D eigenvalue weighted by molar-refractivity contribution is 0.101. The van der Waals surface area contributed by atoms with Crippen LogP contribution in [0.15, 0.2) is 34.9 Å². The van der Waals surface area contributed by atoms with Crippen LogP contribution in [0.25, 0.3) is 0 Å². The van der Waals surface area contributed by atoms with E-state index >= 15 is 0 Å². The summed E-state index contributed by atoms with van der Waals surface area (Å²) in [4.78, 5) is 12.0. The molecule has 1 aromatic heterocycles. The van der Waals surface area contributed by atoms with E-state index in [0.29, 0.717) is 5.75 Å². The van der Waals surface area contributed by atoms with E-state index < -0.39 is 0 Å². The van der Waals surface area contributed by atoms with Crippen LogP contribution in [-0.2, 0) is 0 Å². The molecule has 0 saturated carbocycles. The van der Waals surface area contributed by atoms with Crippen molar-refractivity contribution in [1.82, 2.24) is 0 Å². The standard InChI is InChI=1S/C12H8Cl2O3/c1-16-8-5-4-7(10(13)11(8)14)12(15)9-3-2-6-17-9/h2-6H,1H3. The van der Waals surface area contributed by atoms with Gasteiger partial charge in [-0.1, -0.05) is 23.2 Å². The third-order valence-corrected chi connectivity index (χ3v) is 3.12. The minimum Gasteiger partial charge on any atom is -0.495 e. The molecular weight excluding hydrogens is 263 g/mol. The van der Waals surface area contributed by atoms with Gasteiger partial charge in [0.05, 0.1) is 18.4 Å². The first-order valence-corrected chi connectivity index (χ1v) is 5.51. The lowest BCUT2D eigenvalue weighted by atomic mass is 10.1. The van der Waals surface area contributed by atoms with Gasteiger partial charge in [0.25, 0.3) is 0 Å². The van der Waals surface area contributed by atoms with Crippen LogP contribution in [0.5, 0.6) is 5.75 Å². The molecule has 0 bridgehead atoms. The van der Waals surface area contributed by atoms with Crippen LogP contribution >= 0.6 is 23.2 Å². The van der Waals surface area contributed by atoms with E-state index in [1.165, 1.54) is 13.4 Å². The molecule has 0 spiro atoms. The molecule has 0 unspecified atom stereocenters. The van der Waals surface area contributed by atoms with E-state index in [1.807, 2.05) is 0 Å². The van der Waals surface area contributed by atoms with Gasteiger partial charge < -0.3 is 9.15 Å². The Labute approximate surface area is 108 Å². The van der Waals surface area contributed by atoms with Gasteiger partial charge in [-0.3, -0.25) is 4.79 Å². The quantitative estimate of drug-likeness (QED) is 0.796. The molecule has 0 N–H and O–H groups in total. The maximum absolute atomic E-state index is 12.0. The van der Waals surface area contributed by atoms with Crippen molar-refractivity contribution in [3.05, 3.63) is 51.9 Å². The van der Waals surface area contributed by atoms with Crippen molar-refractivity contribution < 1.29 is 13.9 Å². The maximum atomic E-state index is 12.0. The number of furan rings is 1. The second kappa shape index (κ2) is 4.82. The van der Waals surface area contributed by atoms with Crippen LogP contribution in [0.1, 0.15) is 16.1 Å². The lowest BCUT2D eigenvalue weighted by Crippen LogP contribution is -2.01. The molecule has 88 valence electrons. The summed E-state index contributed by atoms with van der Waals surface area (Å²) in [6.07, 6.45) is 1.42. The predicted octanol–water partition coefficient (Wildman–Crippen LogP) is 3.83. The fourth-order valence-corrected chi connectivity index (χ4v) is 1.89. The molecule has 0 aliphatic heterocycles. The second-order valence-corrected chi connectivity index (χ2v) is 4.01. The molecule has 0 atom stereocenters. The molecule has 0 radical (unpaired) electrons. The Hall–Kier alpha value is -1.45. The zero-order chi connectivity index (χ0) is 12.4. The van der Waals surface area contributed by atoms with Gasteiger partial charge in [0, 0.05) is 5.56 Å². The van der Waals surface area contributed by atoms with Crippen molar-refractivity contribution in [2.75, 3.05) is 7.11 Å². The van der Waals surface area contributed by atoms with Crippen molar-refractivity contribution in [2.24, 2.45) is 0 Å². The van der Waals surface area contributed by atoms with Crippen LogP contribution in [0.4, 0.5) is 0 Å². The van der Waals surface area contributed by atoms with Gasteiger partial charge in [-0.25, -0.2) is 0 Å². The van der Waals surface area contributed by atoms with Gasteiger partial charge in [0.2, 0.25) is 5.78 Å². The van der Waals surface area contributed by atoms with Crippen LogP contribution in [0, 0.1) is 0 Å². The summed E-state index contributed by atoms with van der Waals surface area (Å²) in [5, 5.41) is 0.374. The number of benzene rings is 1. The monoisotopic (exact) mass is 270 g/mol. The Morgan fingerprint density at radius 1 is 1.24 bits per heavy atom. The predicted molar refractivity (Wildman–Crippen MR) is 65.2 cm³/mol. The number of hydrogen-bond donors (Lipinski definition) is 0. The Morgan fingerprint density at radius 2 is 2.00 bits per heavy atom. The van der Waals surface area contributed by atoms with Crippen LogP contribution < -0.4 is 4.74 Å². The van der Waals surface area contributed by atoms with Gasteiger partial charge in [-0.2, -0.15) is 0 Å². The zero-order valence-electron chi connectivity index (χ0n) is 8.87. The van der Waals surface area contributed by atoms with Crippen molar-refractivity contribution in [3.8, 4) is 5.75 Å². The number of ether oxygens (including phenoxy) is 1. The molecule has 3 nitrogen and oxygen atoms in total. The highest BCUT2D eigenvalue weighted by Gasteiger charge is 2.19. The summed E-state index contributed by atoms with van der Waals surface area (Å²) < 4.78 is 10.0. The summed E-state index contributed by atoms with van der Waals surface area (Å²) in [7, 11) is 1.48. The number of carbonyl (C=O) groups excluding carboxylic acids is 1. The molecular formula is C12H8Cl2O3. The van der Waals surface area contributed by atoms with Gasteiger partial charge in [-0.15, -0.1) is 0 Å². The summed E-state index contributed by atoms with van der Waals surface area (Å²) in [5.41, 5.74) is 0.285. The van der Waals surface area contributed by atoms with Crippen LogP contribution in [0.3, 0.4) is 0 Å². The molecule has 1 heterocycles. The summed E-state index contributed by atoms with van der Waals surface area (Å²) in [6.45, 7) is 0. The number of methoxy groups -OCH3 is 1. The van der Waals surface area contributed by atoms with Gasteiger partial charge in [0.1, 0.15) is 10.8 Å². The van der Waals surface area contributed by atoms with E-state index in [1.54, 1.807) is 24.3 Å². The maximum Gasteiger partial charge on any atom is 0.229 e. The van der Waals surface area contributed by atoms with E-state index in [-0.39, 0.29) is 27.2 Å². The molecule has 2 aromatic rings. The zero-order valence-corrected chi connectivity index (χ0v) is 10.4. The molecule has 0 amide bonds. The molecule has 17 heavy (non-hydrogen) atoms. The molecule has 0 aliphatic carbocycles. The van der Waals surface area contributed by atoms with Crippen LogP contribution in [0.2, 0.25) is 10.0 Å². The van der Waals surface area contributed by atoms with E-state index in [4.69, 9.17) is 32.4 Å². The topological polar surface area (TPSA) is 39.4 Å². The van der Waals surface area contributed by atoms with Crippen molar-refractivity contribution >= 4 is 29.0 Å². The highest BCUT2D eigenvalue weighted by atomic mass is 35.5. The Morgan fingerprint density at radius 3 is 2.59 bits per heavy atom. The molecule has 2 rings (SSSR count). The Kier molecular flexibility index (Phi) is 3.41.